The SMILES string of the molecule is O=C(Cc1ccccc1F)c1cnc(C(F)(F)F)s1. The average Bonchev–Trinajstić information content (AvgIpc) is 2.81. The van der Waals surface area contributed by atoms with Crippen molar-refractivity contribution in [3.63, 3.8) is 0 Å². The molecule has 1 heterocycles. The fourth-order valence-corrected chi connectivity index (χ4v) is 2.16. The first-order valence-electron chi connectivity index (χ1n) is 5.17. The average molecular weight is 289 g/mol. The Balaban J connectivity index is 2.17. The number of aromatic nitrogens is 1. The highest BCUT2D eigenvalue weighted by atomic mass is 32.1. The Bertz CT molecular complexity index is 606. The van der Waals surface area contributed by atoms with Gasteiger partial charge in [-0.2, -0.15) is 13.2 Å². The number of carbonyl (C=O) groups is 1. The largest absolute Gasteiger partial charge is 0.443 e. The minimum Gasteiger partial charge on any atom is -0.293 e. The lowest BCUT2D eigenvalue weighted by atomic mass is 10.1. The van der Waals surface area contributed by atoms with Gasteiger partial charge in [0.25, 0.3) is 0 Å². The van der Waals surface area contributed by atoms with Crippen LogP contribution in [0, 0.1) is 5.82 Å². The molecule has 1 aromatic heterocycles. The molecule has 0 atom stereocenters. The maximum absolute atomic E-state index is 13.3. The molecule has 0 unspecified atom stereocenters. The number of nitrogens with zero attached hydrogens (tertiary/aromatic N) is 1. The molecule has 1 aromatic carbocycles. The van der Waals surface area contributed by atoms with Gasteiger partial charge in [0.1, 0.15) is 5.82 Å². The summed E-state index contributed by atoms with van der Waals surface area (Å²) < 4.78 is 50.3. The predicted molar refractivity (Wildman–Crippen MR) is 61.6 cm³/mol. The Kier molecular flexibility index (Phi) is 3.66. The Morgan fingerprint density at radius 3 is 2.53 bits per heavy atom. The molecule has 0 aliphatic heterocycles. The first kappa shape index (κ1) is 13.7. The molecule has 0 saturated heterocycles. The van der Waals surface area contributed by atoms with Crippen LogP contribution < -0.4 is 0 Å². The van der Waals surface area contributed by atoms with Crippen molar-refractivity contribution in [2.45, 2.75) is 12.6 Å². The van der Waals surface area contributed by atoms with Crippen molar-refractivity contribution in [2.75, 3.05) is 0 Å². The van der Waals surface area contributed by atoms with Crippen molar-refractivity contribution in [2.24, 2.45) is 0 Å². The molecular weight excluding hydrogens is 282 g/mol. The lowest BCUT2D eigenvalue weighted by Gasteiger charge is -2.01. The van der Waals surface area contributed by atoms with Gasteiger partial charge in [-0.25, -0.2) is 9.37 Å². The maximum atomic E-state index is 13.3. The van der Waals surface area contributed by atoms with Gasteiger partial charge in [0, 0.05) is 12.6 Å². The second-order valence-electron chi connectivity index (χ2n) is 3.72. The van der Waals surface area contributed by atoms with Gasteiger partial charge in [0.15, 0.2) is 10.8 Å². The van der Waals surface area contributed by atoms with Gasteiger partial charge in [-0.3, -0.25) is 4.79 Å². The monoisotopic (exact) mass is 289 g/mol. The van der Waals surface area contributed by atoms with Crippen LogP contribution >= 0.6 is 11.3 Å². The highest BCUT2D eigenvalue weighted by molar-refractivity contribution is 7.13. The van der Waals surface area contributed by atoms with E-state index in [2.05, 4.69) is 4.98 Å². The lowest BCUT2D eigenvalue weighted by Crippen LogP contribution is -2.04. The van der Waals surface area contributed by atoms with E-state index >= 15 is 0 Å². The summed E-state index contributed by atoms with van der Waals surface area (Å²) in [7, 11) is 0. The van der Waals surface area contributed by atoms with E-state index in [1.807, 2.05) is 0 Å². The second kappa shape index (κ2) is 5.08. The van der Waals surface area contributed by atoms with Crippen molar-refractivity contribution in [1.29, 1.82) is 0 Å². The third-order valence-electron chi connectivity index (χ3n) is 2.33. The smallest absolute Gasteiger partial charge is 0.293 e. The first-order valence-corrected chi connectivity index (χ1v) is 5.99. The number of hydrogen-bond acceptors (Lipinski definition) is 3. The highest BCUT2D eigenvalue weighted by Gasteiger charge is 2.35. The third kappa shape index (κ3) is 3.17. The number of hydrogen-bond donors (Lipinski definition) is 0. The Morgan fingerprint density at radius 2 is 1.95 bits per heavy atom. The standard InChI is InChI=1S/C12H7F4NOS/c13-8-4-2-1-3-7(8)5-9(18)10-6-17-11(19-10)12(14,15)16/h1-4,6H,5H2. The fraction of sp³-hybridized carbons (Fsp3) is 0.167. The fourth-order valence-electron chi connectivity index (χ4n) is 1.44. The van der Waals surface area contributed by atoms with Crippen LogP contribution in [0.2, 0.25) is 0 Å². The number of halogens is 4. The van der Waals surface area contributed by atoms with Crippen LogP contribution in [0.5, 0.6) is 0 Å². The van der Waals surface area contributed by atoms with Gasteiger partial charge in [0.2, 0.25) is 0 Å². The summed E-state index contributed by atoms with van der Waals surface area (Å²) in [5, 5.41) is -1.08. The number of benzene rings is 1. The van der Waals surface area contributed by atoms with E-state index in [4.69, 9.17) is 0 Å². The second-order valence-corrected chi connectivity index (χ2v) is 4.75. The highest BCUT2D eigenvalue weighted by Crippen LogP contribution is 2.32. The predicted octanol–water partition coefficient (Wildman–Crippen LogP) is 3.73. The molecule has 0 saturated carbocycles. The third-order valence-corrected chi connectivity index (χ3v) is 3.42. The lowest BCUT2D eigenvalue weighted by molar-refractivity contribution is -0.137. The van der Waals surface area contributed by atoms with Crippen LogP contribution in [-0.4, -0.2) is 10.8 Å². The normalized spacial score (nSPS) is 11.6. The molecule has 2 aromatic rings. The Morgan fingerprint density at radius 1 is 1.26 bits per heavy atom. The van der Waals surface area contributed by atoms with Crippen LogP contribution in [0.25, 0.3) is 0 Å². The molecule has 0 aliphatic rings. The molecule has 0 spiro atoms. The van der Waals surface area contributed by atoms with E-state index in [9.17, 15) is 22.4 Å². The van der Waals surface area contributed by atoms with Crippen molar-refractivity contribution < 1.29 is 22.4 Å². The van der Waals surface area contributed by atoms with Gasteiger partial charge in [-0.1, -0.05) is 18.2 Å². The van der Waals surface area contributed by atoms with Crippen LogP contribution in [0.4, 0.5) is 17.6 Å². The molecule has 2 rings (SSSR count). The van der Waals surface area contributed by atoms with Crippen LogP contribution in [0.3, 0.4) is 0 Å². The Labute approximate surface area is 109 Å². The van der Waals surface area contributed by atoms with E-state index in [0.717, 1.165) is 6.20 Å². The molecule has 0 fully saturated rings. The molecule has 0 N–H and O–H groups in total. The quantitative estimate of drug-likeness (QED) is 0.636. The number of carbonyl (C=O) groups excluding carboxylic acids is 1. The molecule has 0 radical (unpaired) electrons. The maximum Gasteiger partial charge on any atom is 0.443 e. The molecule has 100 valence electrons. The molecule has 0 bridgehead atoms. The van der Waals surface area contributed by atoms with Gasteiger partial charge in [-0.05, 0) is 11.6 Å². The van der Waals surface area contributed by atoms with Crippen LogP contribution in [-0.2, 0) is 12.6 Å². The summed E-state index contributed by atoms with van der Waals surface area (Å²) in [6.07, 6.45) is -3.98. The number of alkyl halides is 3. The first-order chi connectivity index (χ1) is 8.88. The van der Waals surface area contributed by atoms with E-state index in [1.54, 1.807) is 6.07 Å². The molecule has 2 nitrogen and oxygen atoms in total. The molecule has 19 heavy (non-hydrogen) atoms. The number of Topliss-reactive ketones (excluding diaryl/α,β-unsaturated/α-hetero) is 1. The minimum absolute atomic E-state index is 0.129. The van der Waals surface area contributed by atoms with Gasteiger partial charge < -0.3 is 0 Å². The van der Waals surface area contributed by atoms with Crippen molar-refractivity contribution in [3.05, 3.63) is 51.7 Å². The minimum atomic E-state index is -4.57. The summed E-state index contributed by atoms with van der Waals surface area (Å²) in [5.41, 5.74) is 0.148. The zero-order chi connectivity index (χ0) is 14.0. The summed E-state index contributed by atoms with van der Waals surface area (Å²) in [4.78, 5) is 14.8. The zero-order valence-corrected chi connectivity index (χ0v) is 10.2. The van der Waals surface area contributed by atoms with Gasteiger partial charge in [-0.15, -0.1) is 11.3 Å². The summed E-state index contributed by atoms with van der Waals surface area (Å²) in [5.74, 6) is -1.14. The number of rotatable bonds is 3. The molecule has 7 heteroatoms. The van der Waals surface area contributed by atoms with Crippen molar-refractivity contribution in [3.8, 4) is 0 Å². The van der Waals surface area contributed by atoms with E-state index in [-0.39, 0.29) is 28.2 Å². The van der Waals surface area contributed by atoms with Crippen LogP contribution in [0.15, 0.2) is 30.5 Å². The molecular formula is C12H7F4NOS. The zero-order valence-electron chi connectivity index (χ0n) is 9.37. The van der Waals surface area contributed by atoms with E-state index < -0.39 is 22.8 Å². The topological polar surface area (TPSA) is 30.0 Å². The van der Waals surface area contributed by atoms with E-state index in [0.29, 0.717) is 0 Å². The summed E-state index contributed by atoms with van der Waals surface area (Å²) in [6.45, 7) is 0. The van der Waals surface area contributed by atoms with Crippen molar-refractivity contribution >= 4 is 17.1 Å². The Hall–Kier alpha value is -1.76. The van der Waals surface area contributed by atoms with Gasteiger partial charge in [0.05, 0.1) is 4.88 Å². The number of thiazole rings is 1. The molecule has 0 aliphatic carbocycles. The van der Waals surface area contributed by atoms with Crippen LogP contribution in [0.1, 0.15) is 20.2 Å². The number of ketones is 1. The van der Waals surface area contributed by atoms with Gasteiger partial charge >= 0.3 is 6.18 Å². The summed E-state index contributed by atoms with van der Waals surface area (Å²) in [6, 6.07) is 5.63. The molecule has 0 amide bonds. The van der Waals surface area contributed by atoms with E-state index in [1.165, 1.54) is 18.2 Å². The van der Waals surface area contributed by atoms with Crippen molar-refractivity contribution in [1.82, 2.24) is 4.98 Å². The summed E-state index contributed by atoms with van der Waals surface area (Å²) >= 11 is 0.265.